The van der Waals surface area contributed by atoms with Crippen molar-refractivity contribution in [1.82, 2.24) is 9.97 Å². The number of aromatic nitrogens is 2. The van der Waals surface area contributed by atoms with Gasteiger partial charge in [-0.3, -0.25) is 4.79 Å². The van der Waals surface area contributed by atoms with Gasteiger partial charge in [-0.1, -0.05) is 0 Å². The van der Waals surface area contributed by atoms with E-state index in [0.29, 0.717) is 42.5 Å². The van der Waals surface area contributed by atoms with E-state index in [1.54, 1.807) is 0 Å². The second kappa shape index (κ2) is 8.33. The van der Waals surface area contributed by atoms with Gasteiger partial charge in [0.25, 0.3) is 0 Å². The molecular formula is C21H23F3N4O3. The van der Waals surface area contributed by atoms with Gasteiger partial charge in [0.15, 0.2) is 23.3 Å². The topological polar surface area (TPSA) is 76.6 Å². The van der Waals surface area contributed by atoms with Crippen molar-refractivity contribution in [2.24, 2.45) is 5.92 Å². The van der Waals surface area contributed by atoms with Gasteiger partial charge < -0.3 is 19.7 Å². The monoisotopic (exact) mass is 436 g/mol. The molecular weight excluding hydrogens is 413 g/mol. The van der Waals surface area contributed by atoms with Crippen LogP contribution in [0.25, 0.3) is 0 Å². The van der Waals surface area contributed by atoms with Gasteiger partial charge in [0.05, 0.1) is 18.4 Å². The van der Waals surface area contributed by atoms with Crippen LogP contribution in [0.3, 0.4) is 0 Å². The highest BCUT2D eigenvalue weighted by molar-refractivity contribution is 6.02. The van der Waals surface area contributed by atoms with Crippen LogP contribution in [0.2, 0.25) is 0 Å². The Hall–Kier alpha value is -2.88. The van der Waals surface area contributed by atoms with Crippen LogP contribution >= 0.6 is 0 Å². The predicted octanol–water partition coefficient (Wildman–Crippen LogP) is 3.01. The Balaban J connectivity index is 1.37. The lowest BCUT2D eigenvalue weighted by molar-refractivity contribution is -0.117. The number of fused-ring (bicyclic) bond motifs is 1. The zero-order valence-corrected chi connectivity index (χ0v) is 17.4. The molecule has 31 heavy (non-hydrogen) atoms. The zero-order chi connectivity index (χ0) is 22.3. The summed E-state index contributed by atoms with van der Waals surface area (Å²) in [4.78, 5) is 23.0. The molecule has 1 amide bonds. The average molecular weight is 436 g/mol. The summed E-state index contributed by atoms with van der Waals surface area (Å²) in [7, 11) is 1.83. The largest absolute Gasteiger partial charge is 0.491 e. The molecule has 1 fully saturated rings. The Morgan fingerprint density at radius 1 is 1.26 bits per heavy atom. The minimum absolute atomic E-state index is 0.0868. The second-order valence-electron chi connectivity index (χ2n) is 7.97. The minimum atomic E-state index is -1.52. The molecule has 0 bridgehead atoms. The first kappa shape index (κ1) is 21.4. The van der Waals surface area contributed by atoms with Gasteiger partial charge in [-0.15, -0.1) is 0 Å². The third-order valence-corrected chi connectivity index (χ3v) is 5.69. The molecule has 166 valence electrons. The number of halogens is 3. The predicted molar refractivity (Wildman–Crippen MR) is 107 cm³/mol. The SMILES string of the molecule is Cc1nc(C[C@H]2CO[C@H](COc3cc(F)c(F)c(F)c3)C2)nc2c1NC(=O)[C@H](C)N2C. The first-order chi connectivity index (χ1) is 14.7. The van der Waals surface area contributed by atoms with Gasteiger partial charge in [0, 0.05) is 25.6 Å². The number of nitrogens with one attached hydrogen (secondary N) is 1. The smallest absolute Gasteiger partial charge is 0.246 e. The summed E-state index contributed by atoms with van der Waals surface area (Å²) in [5.41, 5.74) is 1.33. The molecule has 3 atom stereocenters. The molecule has 0 saturated carbocycles. The number of rotatable bonds is 5. The Kier molecular flexibility index (Phi) is 5.74. The van der Waals surface area contributed by atoms with E-state index in [-0.39, 0.29) is 36.3 Å². The van der Waals surface area contributed by atoms with E-state index < -0.39 is 17.5 Å². The number of hydrogen-bond acceptors (Lipinski definition) is 6. The maximum absolute atomic E-state index is 13.3. The molecule has 3 heterocycles. The summed E-state index contributed by atoms with van der Waals surface area (Å²) < 4.78 is 50.8. The molecule has 4 rings (SSSR count). The number of carbonyl (C=O) groups is 1. The quantitative estimate of drug-likeness (QED) is 0.727. The minimum Gasteiger partial charge on any atom is -0.491 e. The maximum atomic E-state index is 13.3. The van der Waals surface area contributed by atoms with Crippen LogP contribution in [0.15, 0.2) is 12.1 Å². The second-order valence-corrected chi connectivity index (χ2v) is 7.97. The molecule has 10 heteroatoms. The number of hydrogen-bond donors (Lipinski definition) is 1. The molecule has 0 aliphatic carbocycles. The Labute approximate surface area is 177 Å². The van der Waals surface area contributed by atoms with Crippen molar-refractivity contribution in [3.63, 3.8) is 0 Å². The van der Waals surface area contributed by atoms with Crippen molar-refractivity contribution < 1.29 is 27.4 Å². The summed E-state index contributed by atoms with van der Waals surface area (Å²) >= 11 is 0. The third kappa shape index (κ3) is 4.30. The van der Waals surface area contributed by atoms with E-state index in [1.165, 1.54) is 0 Å². The summed E-state index contributed by atoms with van der Waals surface area (Å²) in [6, 6.07) is 1.29. The number of benzene rings is 1. The van der Waals surface area contributed by atoms with Gasteiger partial charge in [-0.25, -0.2) is 23.1 Å². The van der Waals surface area contributed by atoms with Crippen LogP contribution in [-0.4, -0.2) is 48.3 Å². The van der Waals surface area contributed by atoms with Crippen molar-refractivity contribution in [2.45, 2.75) is 38.8 Å². The van der Waals surface area contributed by atoms with Gasteiger partial charge in [0.2, 0.25) is 5.91 Å². The first-order valence-corrected chi connectivity index (χ1v) is 10.0. The molecule has 1 saturated heterocycles. The molecule has 1 aromatic heterocycles. The summed E-state index contributed by atoms with van der Waals surface area (Å²) in [5, 5.41) is 2.86. The summed E-state index contributed by atoms with van der Waals surface area (Å²) in [5.74, 6) is -2.80. The highest BCUT2D eigenvalue weighted by Gasteiger charge is 2.32. The van der Waals surface area contributed by atoms with Crippen molar-refractivity contribution in [3.8, 4) is 5.75 Å². The van der Waals surface area contributed by atoms with E-state index in [2.05, 4.69) is 15.3 Å². The normalized spacial score (nSPS) is 23.0. The Morgan fingerprint density at radius 3 is 2.68 bits per heavy atom. The molecule has 2 aromatic rings. The number of aryl methyl sites for hydroxylation is 1. The zero-order valence-electron chi connectivity index (χ0n) is 17.4. The lowest BCUT2D eigenvalue weighted by Gasteiger charge is -2.32. The first-order valence-electron chi connectivity index (χ1n) is 10.0. The number of nitrogens with zero attached hydrogens (tertiary/aromatic N) is 3. The number of amides is 1. The highest BCUT2D eigenvalue weighted by Crippen LogP contribution is 2.32. The van der Waals surface area contributed by atoms with E-state index in [9.17, 15) is 18.0 Å². The molecule has 0 spiro atoms. The standard InChI is InChI=1S/C21H23F3N4O3/c1-10-19-20(28(3)11(2)21(29)27-19)26-17(25-10)5-12-4-14(30-8-12)9-31-13-6-15(22)18(24)16(23)7-13/h6-7,11-12,14H,4-5,8-9H2,1-3H3,(H,27,29)/t11-,12-,14-/m0/s1. The molecule has 2 aliphatic heterocycles. The van der Waals surface area contributed by atoms with Crippen LogP contribution in [0.4, 0.5) is 24.7 Å². The molecule has 7 nitrogen and oxygen atoms in total. The van der Waals surface area contributed by atoms with Crippen LogP contribution in [0, 0.1) is 30.3 Å². The van der Waals surface area contributed by atoms with Gasteiger partial charge in [0.1, 0.15) is 29.9 Å². The fraction of sp³-hybridized carbons (Fsp3) is 0.476. The molecule has 0 radical (unpaired) electrons. The van der Waals surface area contributed by atoms with Crippen LogP contribution < -0.4 is 15.0 Å². The van der Waals surface area contributed by atoms with E-state index in [4.69, 9.17) is 9.47 Å². The van der Waals surface area contributed by atoms with Crippen molar-refractivity contribution in [1.29, 1.82) is 0 Å². The Morgan fingerprint density at radius 2 is 1.97 bits per heavy atom. The number of ether oxygens (including phenoxy) is 2. The van der Waals surface area contributed by atoms with Crippen molar-refractivity contribution in [3.05, 3.63) is 41.1 Å². The van der Waals surface area contributed by atoms with E-state index in [0.717, 1.165) is 12.1 Å². The number of likely N-dealkylation sites (N-methyl/N-ethyl adjacent to an activating group) is 1. The number of carbonyl (C=O) groups excluding carboxylic acids is 1. The number of anilines is 2. The maximum Gasteiger partial charge on any atom is 0.246 e. The molecule has 1 aromatic carbocycles. The molecule has 2 aliphatic rings. The fourth-order valence-corrected chi connectivity index (χ4v) is 3.80. The van der Waals surface area contributed by atoms with Gasteiger partial charge in [-0.05, 0) is 26.2 Å². The Bertz CT molecular complexity index is 997. The van der Waals surface area contributed by atoms with E-state index in [1.807, 2.05) is 25.8 Å². The lowest BCUT2D eigenvalue weighted by atomic mass is 10.0. The molecule has 1 N–H and O–H groups in total. The lowest BCUT2D eigenvalue weighted by Crippen LogP contribution is -2.45. The average Bonchev–Trinajstić information content (AvgIpc) is 3.17. The summed E-state index contributed by atoms with van der Waals surface area (Å²) in [6.45, 7) is 4.21. The van der Waals surface area contributed by atoms with Gasteiger partial charge >= 0.3 is 0 Å². The van der Waals surface area contributed by atoms with Crippen molar-refractivity contribution in [2.75, 3.05) is 30.5 Å². The van der Waals surface area contributed by atoms with Crippen LogP contribution in [0.5, 0.6) is 5.75 Å². The fourth-order valence-electron chi connectivity index (χ4n) is 3.80. The third-order valence-electron chi connectivity index (χ3n) is 5.69. The van der Waals surface area contributed by atoms with Gasteiger partial charge in [-0.2, -0.15) is 0 Å². The summed E-state index contributed by atoms with van der Waals surface area (Å²) in [6.07, 6.45) is 0.983. The molecule has 0 unspecified atom stereocenters. The van der Waals surface area contributed by atoms with E-state index >= 15 is 0 Å². The highest BCUT2D eigenvalue weighted by atomic mass is 19.2. The van der Waals surface area contributed by atoms with Crippen LogP contribution in [-0.2, 0) is 16.0 Å². The van der Waals surface area contributed by atoms with Crippen molar-refractivity contribution >= 4 is 17.4 Å². The van der Waals surface area contributed by atoms with Crippen LogP contribution in [0.1, 0.15) is 24.9 Å².